The number of aryl methyl sites for hydroxylation is 2. The van der Waals surface area contributed by atoms with E-state index < -0.39 is 5.25 Å². The molecule has 1 amide bonds. The van der Waals surface area contributed by atoms with Crippen LogP contribution in [0.2, 0.25) is 0 Å². The van der Waals surface area contributed by atoms with Gasteiger partial charge in [-0.1, -0.05) is 90.1 Å². The van der Waals surface area contributed by atoms with Crippen molar-refractivity contribution in [3.63, 3.8) is 0 Å². The van der Waals surface area contributed by atoms with Gasteiger partial charge in [0.1, 0.15) is 11.1 Å². The maximum absolute atomic E-state index is 13.3. The fourth-order valence-corrected chi connectivity index (χ4v) is 4.33. The predicted molar refractivity (Wildman–Crippen MR) is 125 cm³/mol. The number of thioether (sulfide) groups is 1. The van der Waals surface area contributed by atoms with Crippen molar-refractivity contribution in [2.45, 2.75) is 30.8 Å². The number of benzene rings is 3. The molecule has 4 aromatic rings. The molecule has 4 rings (SSSR count). The lowest BCUT2D eigenvalue weighted by Gasteiger charge is -2.17. The zero-order valence-corrected chi connectivity index (χ0v) is 18.3. The number of nitrogens with zero attached hydrogens (tertiary/aromatic N) is 3. The molecular weight excluding hydrogens is 404 g/mol. The van der Waals surface area contributed by atoms with Crippen LogP contribution in [0, 0.1) is 13.8 Å². The van der Waals surface area contributed by atoms with Gasteiger partial charge in [0, 0.05) is 5.69 Å². The highest BCUT2D eigenvalue weighted by Crippen LogP contribution is 2.36. The van der Waals surface area contributed by atoms with E-state index in [1.807, 2.05) is 86.6 Å². The summed E-state index contributed by atoms with van der Waals surface area (Å²) in [5.74, 6) is 0.726. The maximum atomic E-state index is 13.3. The Hall–Kier alpha value is -3.38. The number of aromatic nitrogens is 3. The van der Waals surface area contributed by atoms with Gasteiger partial charge in [-0.3, -0.25) is 4.79 Å². The van der Waals surface area contributed by atoms with Crippen molar-refractivity contribution in [2.75, 3.05) is 5.32 Å². The number of nitrogens with one attached hydrogen (secondary N) is 1. The third kappa shape index (κ3) is 5.22. The maximum Gasteiger partial charge on any atom is 0.242 e. The number of hydrogen-bond acceptors (Lipinski definition) is 4. The van der Waals surface area contributed by atoms with Gasteiger partial charge in [0.05, 0.1) is 6.54 Å². The lowest BCUT2D eigenvalue weighted by Crippen LogP contribution is -2.19. The smallest absolute Gasteiger partial charge is 0.242 e. The zero-order valence-electron chi connectivity index (χ0n) is 17.5. The standard InChI is InChI=1S/C25H24N4OS/c1-18-13-15-22(16-14-18)26-24(30)23(21-11-7-4-8-12-21)31-25-28-27-19(2)29(25)17-20-9-5-3-6-10-20/h3-16,23H,17H2,1-2H3,(H,26,30)/t23-/m0/s1. The monoisotopic (exact) mass is 428 g/mol. The van der Waals surface area contributed by atoms with E-state index in [1.165, 1.54) is 11.8 Å². The summed E-state index contributed by atoms with van der Waals surface area (Å²) in [4.78, 5) is 13.3. The van der Waals surface area contributed by atoms with Crippen LogP contribution in [0.5, 0.6) is 0 Å². The van der Waals surface area contributed by atoms with Crippen LogP contribution in [0.25, 0.3) is 0 Å². The van der Waals surface area contributed by atoms with Crippen LogP contribution in [0.3, 0.4) is 0 Å². The van der Waals surface area contributed by atoms with Crippen LogP contribution >= 0.6 is 11.8 Å². The van der Waals surface area contributed by atoms with Gasteiger partial charge in [-0.2, -0.15) is 0 Å². The molecule has 1 N–H and O–H groups in total. The van der Waals surface area contributed by atoms with Crippen LogP contribution in [0.4, 0.5) is 5.69 Å². The van der Waals surface area contributed by atoms with E-state index in [4.69, 9.17) is 0 Å². The molecule has 0 aliphatic heterocycles. The second-order valence-corrected chi connectivity index (χ2v) is 8.44. The van der Waals surface area contributed by atoms with Crippen LogP contribution in [0.15, 0.2) is 90.1 Å². The van der Waals surface area contributed by atoms with Crippen molar-refractivity contribution < 1.29 is 4.79 Å². The summed E-state index contributed by atoms with van der Waals surface area (Å²) in [6.45, 7) is 4.61. The molecular formula is C25H24N4OS. The molecule has 0 unspecified atom stereocenters. The Morgan fingerprint density at radius 2 is 1.55 bits per heavy atom. The molecule has 1 atom stereocenters. The van der Waals surface area contributed by atoms with E-state index in [-0.39, 0.29) is 5.91 Å². The highest BCUT2D eigenvalue weighted by atomic mass is 32.2. The minimum Gasteiger partial charge on any atom is -0.325 e. The van der Waals surface area contributed by atoms with E-state index in [1.54, 1.807) is 0 Å². The fraction of sp³-hybridized carbons (Fsp3) is 0.160. The molecule has 0 radical (unpaired) electrons. The summed E-state index contributed by atoms with van der Waals surface area (Å²) in [5.41, 5.74) is 4.01. The Morgan fingerprint density at radius 3 is 2.23 bits per heavy atom. The van der Waals surface area contributed by atoms with Crippen molar-refractivity contribution in [2.24, 2.45) is 0 Å². The first-order valence-electron chi connectivity index (χ1n) is 10.1. The molecule has 0 saturated carbocycles. The molecule has 0 saturated heterocycles. The van der Waals surface area contributed by atoms with Gasteiger partial charge < -0.3 is 9.88 Å². The summed E-state index contributed by atoms with van der Waals surface area (Å²) < 4.78 is 2.05. The Bertz CT molecular complexity index is 1140. The van der Waals surface area contributed by atoms with Gasteiger partial charge >= 0.3 is 0 Å². The highest BCUT2D eigenvalue weighted by Gasteiger charge is 2.25. The fourth-order valence-electron chi connectivity index (χ4n) is 3.25. The predicted octanol–water partition coefficient (Wildman–Crippen LogP) is 5.42. The summed E-state index contributed by atoms with van der Waals surface area (Å²) in [6.07, 6.45) is 0. The normalized spacial score (nSPS) is 11.8. The van der Waals surface area contributed by atoms with Crippen LogP contribution < -0.4 is 5.32 Å². The summed E-state index contributed by atoms with van der Waals surface area (Å²) in [6, 6.07) is 27.8. The molecule has 0 aliphatic carbocycles. The van der Waals surface area contributed by atoms with E-state index in [0.29, 0.717) is 11.7 Å². The van der Waals surface area contributed by atoms with Gasteiger partial charge in [-0.05, 0) is 37.1 Å². The Labute approximate surface area is 186 Å². The first-order valence-corrected chi connectivity index (χ1v) is 11.0. The number of hydrogen-bond donors (Lipinski definition) is 1. The van der Waals surface area contributed by atoms with Crippen LogP contribution in [-0.2, 0) is 11.3 Å². The summed E-state index contributed by atoms with van der Waals surface area (Å²) in [5, 5.41) is 12.0. The molecule has 0 aliphatic rings. The first kappa shape index (κ1) is 20.9. The van der Waals surface area contributed by atoms with Gasteiger partial charge in [0.2, 0.25) is 5.91 Å². The Balaban J connectivity index is 1.61. The zero-order chi connectivity index (χ0) is 21.6. The van der Waals surface area contributed by atoms with Crippen molar-refractivity contribution in [3.8, 4) is 0 Å². The van der Waals surface area contributed by atoms with Crippen molar-refractivity contribution in [1.29, 1.82) is 0 Å². The lowest BCUT2D eigenvalue weighted by atomic mass is 10.1. The summed E-state index contributed by atoms with van der Waals surface area (Å²) >= 11 is 1.42. The van der Waals surface area contributed by atoms with Gasteiger partial charge in [0.25, 0.3) is 0 Å². The molecule has 0 spiro atoms. The lowest BCUT2D eigenvalue weighted by molar-refractivity contribution is -0.115. The SMILES string of the molecule is Cc1ccc(NC(=O)[C@@H](Sc2nnc(C)n2Cc2ccccc2)c2ccccc2)cc1. The van der Waals surface area contributed by atoms with Crippen molar-refractivity contribution >= 4 is 23.4 Å². The number of anilines is 1. The Morgan fingerprint density at radius 1 is 0.903 bits per heavy atom. The molecule has 3 aromatic carbocycles. The minimum atomic E-state index is -0.458. The van der Waals surface area contributed by atoms with Crippen LogP contribution in [0.1, 0.15) is 27.8 Å². The van der Waals surface area contributed by atoms with E-state index >= 15 is 0 Å². The van der Waals surface area contributed by atoms with Gasteiger partial charge in [0.15, 0.2) is 5.16 Å². The molecule has 31 heavy (non-hydrogen) atoms. The Kier molecular flexibility index (Phi) is 6.48. The van der Waals surface area contributed by atoms with Crippen molar-refractivity contribution in [1.82, 2.24) is 14.8 Å². The topological polar surface area (TPSA) is 59.8 Å². The van der Waals surface area contributed by atoms with E-state index in [0.717, 1.165) is 28.2 Å². The van der Waals surface area contributed by atoms with E-state index in [9.17, 15) is 4.79 Å². The van der Waals surface area contributed by atoms with Crippen molar-refractivity contribution in [3.05, 3.63) is 107 Å². The largest absolute Gasteiger partial charge is 0.325 e. The number of rotatable bonds is 7. The quantitative estimate of drug-likeness (QED) is 0.400. The van der Waals surface area contributed by atoms with Gasteiger partial charge in [-0.25, -0.2) is 0 Å². The first-order chi connectivity index (χ1) is 15.1. The number of carbonyl (C=O) groups is 1. The molecule has 0 bridgehead atoms. The number of carbonyl (C=O) groups excluding carboxylic acids is 1. The minimum absolute atomic E-state index is 0.0908. The van der Waals surface area contributed by atoms with E-state index in [2.05, 4.69) is 32.2 Å². The summed E-state index contributed by atoms with van der Waals surface area (Å²) in [7, 11) is 0. The average molecular weight is 429 g/mol. The molecule has 5 nitrogen and oxygen atoms in total. The third-order valence-corrected chi connectivity index (χ3v) is 6.20. The third-order valence-electron chi connectivity index (χ3n) is 4.97. The van der Waals surface area contributed by atoms with Gasteiger partial charge in [-0.15, -0.1) is 10.2 Å². The second-order valence-electron chi connectivity index (χ2n) is 7.37. The highest BCUT2D eigenvalue weighted by molar-refractivity contribution is 8.00. The molecule has 0 fully saturated rings. The second kappa shape index (κ2) is 9.62. The molecule has 1 aromatic heterocycles. The van der Waals surface area contributed by atoms with Crippen LogP contribution in [-0.4, -0.2) is 20.7 Å². The molecule has 6 heteroatoms. The molecule has 1 heterocycles. The average Bonchev–Trinajstić information content (AvgIpc) is 3.14. The molecule has 156 valence electrons. The number of amides is 1.